The zero-order valence-electron chi connectivity index (χ0n) is 13.3. The van der Waals surface area contributed by atoms with E-state index in [1.807, 2.05) is 0 Å². The number of carbonyl (C=O) groups is 2. The number of carboxylic acids is 1. The third-order valence-electron chi connectivity index (χ3n) is 4.67. The van der Waals surface area contributed by atoms with Gasteiger partial charge in [0.2, 0.25) is 0 Å². The molecule has 0 aliphatic carbocycles. The normalized spacial score (nSPS) is 21.4. The van der Waals surface area contributed by atoms with Crippen molar-refractivity contribution in [2.45, 2.75) is 31.7 Å². The zero-order chi connectivity index (χ0) is 17.1. The van der Waals surface area contributed by atoms with Crippen LogP contribution in [0, 0.1) is 11.7 Å². The number of likely N-dealkylation sites (tertiary alicyclic amines) is 1. The average Bonchev–Trinajstić information content (AvgIpc) is 2.77. The first-order valence-electron chi connectivity index (χ1n) is 8.25. The highest BCUT2D eigenvalue weighted by molar-refractivity contribution is 5.76. The second kappa shape index (κ2) is 7.07. The van der Waals surface area contributed by atoms with Crippen LogP contribution in [0.5, 0.6) is 5.75 Å². The Morgan fingerprint density at radius 3 is 2.71 bits per heavy atom. The Labute approximate surface area is 139 Å². The van der Waals surface area contributed by atoms with E-state index in [0.29, 0.717) is 50.3 Å². The average molecular weight is 336 g/mol. The second-order valence-electron chi connectivity index (χ2n) is 6.27. The van der Waals surface area contributed by atoms with E-state index in [-0.39, 0.29) is 23.8 Å². The number of fused-ring (bicyclic) bond motifs is 1. The van der Waals surface area contributed by atoms with E-state index in [1.54, 1.807) is 11.0 Å². The highest BCUT2D eigenvalue weighted by Crippen LogP contribution is 2.32. The van der Waals surface area contributed by atoms with E-state index in [1.165, 1.54) is 12.1 Å². The molecule has 1 fully saturated rings. The number of aliphatic carboxylic acids is 1. The Bertz CT molecular complexity index is 629. The smallest absolute Gasteiger partial charge is 0.317 e. The molecule has 0 aromatic heterocycles. The maximum Gasteiger partial charge on any atom is 0.317 e. The summed E-state index contributed by atoms with van der Waals surface area (Å²) in [5.41, 5.74) is 0.654. The van der Waals surface area contributed by atoms with Gasteiger partial charge in [-0.1, -0.05) is 0 Å². The van der Waals surface area contributed by atoms with Gasteiger partial charge in [0, 0.05) is 18.7 Å². The molecule has 0 saturated carbocycles. The van der Waals surface area contributed by atoms with E-state index in [2.05, 4.69) is 5.32 Å². The SMILES string of the molecule is O=C(O)C1CCN(C(=O)NC2CCCOc3ccc(F)cc32)CC1. The van der Waals surface area contributed by atoms with Crippen LogP contribution in [0.3, 0.4) is 0 Å². The van der Waals surface area contributed by atoms with Crippen molar-refractivity contribution in [1.29, 1.82) is 0 Å². The Balaban J connectivity index is 1.67. The number of piperidine rings is 1. The first-order chi connectivity index (χ1) is 11.5. The monoisotopic (exact) mass is 336 g/mol. The summed E-state index contributed by atoms with van der Waals surface area (Å²) in [4.78, 5) is 25.1. The van der Waals surface area contributed by atoms with Gasteiger partial charge in [-0.3, -0.25) is 4.79 Å². The Kier molecular flexibility index (Phi) is 4.87. The first-order valence-corrected chi connectivity index (χ1v) is 8.25. The molecular formula is C17H21FN2O4. The van der Waals surface area contributed by atoms with Gasteiger partial charge in [0.25, 0.3) is 0 Å². The number of amides is 2. The summed E-state index contributed by atoms with van der Waals surface area (Å²) in [6.45, 7) is 1.37. The molecule has 0 radical (unpaired) electrons. The van der Waals surface area contributed by atoms with E-state index >= 15 is 0 Å². The molecule has 7 heteroatoms. The van der Waals surface area contributed by atoms with Crippen LogP contribution < -0.4 is 10.1 Å². The number of urea groups is 1. The van der Waals surface area contributed by atoms with Gasteiger partial charge in [-0.15, -0.1) is 0 Å². The molecule has 1 unspecified atom stereocenters. The maximum atomic E-state index is 13.6. The summed E-state index contributed by atoms with van der Waals surface area (Å²) in [5.74, 6) is -0.944. The molecule has 1 saturated heterocycles. The van der Waals surface area contributed by atoms with E-state index in [0.717, 1.165) is 6.42 Å². The van der Waals surface area contributed by atoms with Gasteiger partial charge in [0.1, 0.15) is 11.6 Å². The molecule has 6 nitrogen and oxygen atoms in total. The number of hydrogen-bond donors (Lipinski definition) is 2. The van der Waals surface area contributed by atoms with Crippen molar-refractivity contribution in [3.05, 3.63) is 29.6 Å². The first kappa shape index (κ1) is 16.5. The van der Waals surface area contributed by atoms with Crippen LogP contribution in [-0.4, -0.2) is 41.7 Å². The predicted octanol–water partition coefficient (Wildman–Crippen LogP) is 2.55. The van der Waals surface area contributed by atoms with E-state index in [9.17, 15) is 14.0 Å². The Hall–Kier alpha value is -2.31. The lowest BCUT2D eigenvalue weighted by Crippen LogP contribution is -2.46. The van der Waals surface area contributed by atoms with Crippen LogP contribution in [0.15, 0.2) is 18.2 Å². The standard InChI is InChI=1S/C17H21FN2O4/c18-12-3-4-15-13(10-12)14(2-1-9-24-15)19-17(23)20-7-5-11(6-8-20)16(21)22/h3-4,10-11,14H,1-2,5-9H2,(H,19,23)(H,21,22). The van der Waals surface area contributed by atoms with Gasteiger partial charge >= 0.3 is 12.0 Å². The van der Waals surface area contributed by atoms with Gasteiger partial charge in [-0.25, -0.2) is 9.18 Å². The lowest BCUT2D eigenvalue weighted by Gasteiger charge is -2.31. The molecule has 1 atom stereocenters. The molecule has 2 amide bonds. The summed E-state index contributed by atoms with van der Waals surface area (Å²) >= 11 is 0. The zero-order valence-corrected chi connectivity index (χ0v) is 13.3. The van der Waals surface area contributed by atoms with Gasteiger partial charge in [0.05, 0.1) is 18.6 Å². The van der Waals surface area contributed by atoms with Crippen LogP contribution >= 0.6 is 0 Å². The number of hydrogen-bond acceptors (Lipinski definition) is 3. The molecule has 130 valence electrons. The van der Waals surface area contributed by atoms with Crippen LogP contribution in [0.25, 0.3) is 0 Å². The summed E-state index contributed by atoms with van der Waals surface area (Å²) in [5, 5.41) is 12.0. The third-order valence-corrected chi connectivity index (χ3v) is 4.67. The largest absolute Gasteiger partial charge is 0.493 e. The van der Waals surface area contributed by atoms with Crippen LogP contribution in [0.2, 0.25) is 0 Å². The number of ether oxygens (including phenoxy) is 1. The molecule has 1 aromatic carbocycles. The minimum atomic E-state index is -0.805. The Morgan fingerprint density at radius 1 is 1.25 bits per heavy atom. The number of carbonyl (C=O) groups excluding carboxylic acids is 1. The quantitative estimate of drug-likeness (QED) is 0.870. The lowest BCUT2D eigenvalue weighted by molar-refractivity contribution is -0.143. The van der Waals surface area contributed by atoms with Crippen molar-refractivity contribution in [3.8, 4) is 5.75 Å². The molecular weight excluding hydrogens is 315 g/mol. The second-order valence-corrected chi connectivity index (χ2v) is 6.27. The summed E-state index contributed by atoms with van der Waals surface area (Å²) in [7, 11) is 0. The van der Waals surface area contributed by atoms with Gasteiger partial charge < -0.3 is 20.1 Å². The fraction of sp³-hybridized carbons (Fsp3) is 0.529. The molecule has 0 bridgehead atoms. The van der Waals surface area contributed by atoms with E-state index in [4.69, 9.17) is 9.84 Å². The summed E-state index contributed by atoms with van der Waals surface area (Å²) in [6, 6.07) is 3.80. The van der Waals surface area contributed by atoms with Gasteiger partial charge in [0.15, 0.2) is 0 Å². The van der Waals surface area contributed by atoms with Crippen molar-refractivity contribution in [2.75, 3.05) is 19.7 Å². The van der Waals surface area contributed by atoms with Gasteiger partial charge in [-0.2, -0.15) is 0 Å². The molecule has 2 heterocycles. The number of nitrogens with one attached hydrogen (secondary N) is 1. The number of benzene rings is 1. The molecule has 0 spiro atoms. The van der Waals surface area contributed by atoms with Crippen LogP contribution in [0.1, 0.15) is 37.3 Å². The fourth-order valence-corrected chi connectivity index (χ4v) is 3.27. The summed E-state index contributed by atoms with van der Waals surface area (Å²) in [6.07, 6.45) is 2.36. The molecule has 2 N–H and O–H groups in total. The maximum absolute atomic E-state index is 13.6. The minimum Gasteiger partial charge on any atom is -0.493 e. The third kappa shape index (κ3) is 3.60. The van der Waals surface area contributed by atoms with Crippen molar-refractivity contribution in [1.82, 2.24) is 10.2 Å². The number of carboxylic acid groups (broad SMARTS) is 1. The highest BCUT2D eigenvalue weighted by atomic mass is 19.1. The number of rotatable bonds is 2. The van der Waals surface area contributed by atoms with Gasteiger partial charge in [-0.05, 0) is 43.9 Å². The van der Waals surface area contributed by atoms with Crippen molar-refractivity contribution >= 4 is 12.0 Å². The molecule has 1 aromatic rings. The topological polar surface area (TPSA) is 78.9 Å². The van der Waals surface area contributed by atoms with E-state index < -0.39 is 5.97 Å². The van der Waals surface area contributed by atoms with Crippen molar-refractivity contribution in [2.24, 2.45) is 5.92 Å². The highest BCUT2D eigenvalue weighted by Gasteiger charge is 2.29. The minimum absolute atomic E-state index is 0.235. The molecule has 3 rings (SSSR count). The van der Waals surface area contributed by atoms with Crippen LogP contribution in [0.4, 0.5) is 9.18 Å². The molecule has 2 aliphatic heterocycles. The van der Waals surface area contributed by atoms with Crippen molar-refractivity contribution in [3.63, 3.8) is 0 Å². The van der Waals surface area contributed by atoms with Crippen molar-refractivity contribution < 1.29 is 23.8 Å². The number of halogens is 1. The summed E-state index contributed by atoms with van der Waals surface area (Å²) < 4.78 is 19.2. The molecule has 2 aliphatic rings. The lowest BCUT2D eigenvalue weighted by atomic mass is 9.97. The van der Waals surface area contributed by atoms with Crippen LogP contribution in [-0.2, 0) is 4.79 Å². The molecule has 24 heavy (non-hydrogen) atoms. The Morgan fingerprint density at radius 2 is 2.00 bits per heavy atom. The number of nitrogens with zero attached hydrogens (tertiary/aromatic N) is 1. The predicted molar refractivity (Wildman–Crippen MR) is 84.3 cm³/mol. The fourth-order valence-electron chi connectivity index (χ4n) is 3.27.